The van der Waals surface area contributed by atoms with Gasteiger partial charge in [0.05, 0.1) is 38.6 Å². The van der Waals surface area contributed by atoms with Gasteiger partial charge < -0.3 is 89.9 Å². The molecule has 548 valence electrons. The van der Waals surface area contributed by atoms with Crippen LogP contribution < -0.4 is 5.32 Å². The molecule has 0 aromatic carbocycles. The summed E-state index contributed by atoms with van der Waals surface area (Å²) in [5.74, 6) is -0.296. The van der Waals surface area contributed by atoms with Crippen molar-refractivity contribution in [1.82, 2.24) is 5.32 Å². The summed E-state index contributed by atoms with van der Waals surface area (Å²) >= 11 is 0. The van der Waals surface area contributed by atoms with Gasteiger partial charge in [-0.05, 0) is 96.3 Å². The van der Waals surface area contributed by atoms with Crippen LogP contribution in [0.5, 0.6) is 0 Å². The molecule has 3 fully saturated rings. The first-order valence-electron chi connectivity index (χ1n) is 36.4. The smallest absolute Gasteiger partial charge is 0.220 e. The van der Waals surface area contributed by atoms with Gasteiger partial charge in [0.15, 0.2) is 18.9 Å². The fraction of sp³-hybridized carbons (Fsp3) is 0.701. The molecule has 96 heavy (non-hydrogen) atoms. The summed E-state index contributed by atoms with van der Waals surface area (Å²) in [5.41, 5.74) is 0. The van der Waals surface area contributed by atoms with Gasteiger partial charge >= 0.3 is 0 Å². The van der Waals surface area contributed by atoms with Crippen molar-refractivity contribution in [3.05, 3.63) is 134 Å². The highest BCUT2D eigenvalue weighted by molar-refractivity contribution is 5.76. The molecular formula is C77H127NO18. The van der Waals surface area contributed by atoms with Crippen LogP contribution in [0.15, 0.2) is 134 Å². The molecule has 0 aromatic rings. The number of aliphatic hydroxyl groups excluding tert-OH is 11. The Balaban J connectivity index is 1.37. The number of nitrogens with one attached hydrogen (secondary N) is 1. The topological polar surface area (TPSA) is 307 Å². The Bertz CT molecular complexity index is 2260. The highest BCUT2D eigenvalue weighted by Crippen LogP contribution is 2.33. The minimum absolute atomic E-state index is 0.217. The van der Waals surface area contributed by atoms with E-state index in [4.69, 9.17) is 28.4 Å². The van der Waals surface area contributed by atoms with E-state index in [9.17, 15) is 61.0 Å². The molecule has 3 aliphatic heterocycles. The van der Waals surface area contributed by atoms with Gasteiger partial charge in [0.25, 0.3) is 0 Å². The van der Waals surface area contributed by atoms with Crippen LogP contribution in [-0.2, 0) is 33.2 Å². The van der Waals surface area contributed by atoms with Crippen molar-refractivity contribution in [2.75, 3.05) is 26.4 Å². The van der Waals surface area contributed by atoms with Crippen molar-refractivity contribution in [2.24, 2.45) is 0 Å². The molecule has 3 heterocycles. The van der Waals surface area contributed by atoms with Crippen molar-refractivity contribution in [3.63, 3.8) is 0 Å². The lowest BCUT2D eigenvalue weighted by Crippen LogP contribution is -2.66. The number of amides is 1. The van der Waals surface area contributed by atoms with Crippen LogP contribution in [0, 0.1) is 0 Å². The van der Waals surface area contributed by atoms with E-state index in [-0.39, 0.29) is 18.9 Å². The molecule has 12 N–H and O–H groups in total. The monoisotopic (exact) mass is 1350 g/mol. The summed E-state index contributed by atoms with van der Waals surface area (Å²) in [6, 6.07) is -0.991. The van der Waals surface area contributed by atoms with Gasteiger partial charge in [0.1, 0.15) is 73.2 Å². The lowest BCUT2D eigenvalue weighted by molar-refractivity contribution is -0.379. The molecule has 3 rings (SSSR count). The summed E-state index contributed by atoms with van der Waals surface area (Å²) in [7, 11) is 0. The number of unbranched alkanes of at least 4 members (excludes halogenated alkanes) is 18. The van der Waals surface area contributed by atoms with Gasteiger partial charge in [-0.3, -0.25) is 4.79 Å². The van der Waals surface area contributed by atoms with Crippen LogP contribution in [0.2, 0.25) is 0 Å². The number of hydrogen-bond donors (Lipinski definition) is 12. The second-order valence-electron chi connectivity index (χ2n) is 25.3. The zero-order valence-corrected chi connectivity index (χ0v) is 58.0. The van der Waals surface area contributed by atoms with Gasteiger partial charge in [-0.1, -0.05) is 244 Å². The molecule has 0 saturated carbocycles. The number of carbonyl (C=O) groups is 1. The van der Waals surface area contributed by atoms with E-state index in [1.807, 2.05) is 6.08 Å². The van der Waals surface area contributed by atoms with Crippen molar-refractivity contribution in [2.45, 2.75) is 317 Å². The van der Waals surface area contributed by atoms with E-state index in [0.29, 0.717) is 6.42 Å². The first-order valence-corrected chi connectivity index (χ1v) is 36.4. The largest absolute Gasteiger partial charge is 0.394 e. The molecule has 1 amide bonds. The Morgan fingerprint density at radius 2 is 0.719 bits per heavy atom. The average molecular weight is 1350 g/mol. The molecule has 3 aliphatic rings. The molecule has 0 aromatic heterocycles. The van der Waals surface area contributed by atoms with Crippen molar-refractivity contribution in [3.8, 4) is 0 Å². The molecule has 0 radical (unpaired) electrons. The maximum absolute atomic E-state index is 13.4. The molecule has 19 heteroatoms. The molecule has 17 unspecified atom stereocenters. The number of hydrogen-bond acceptors (Lipinski definition) is 18. The molecule has 0 bridgehead atoms. The van der Waals surface area contributed by atoms with Crippen LogP contribution >= 0.6 is 0 Å². The maximum atomic E-state index is 13.4. The van der Waals surface area contributed by atoms with E-state index in [2.05, 4.69) is 141 Å². The van der Waals surface area contributed by atoms with Crippen molar-refractivity contribution < 1.29 is 89.4 Å². The molecule has 19 nitrogen and oxygen atoms in total. The van der Waals surface area contributed by atoms with E-state index in [1.54, 1.807) is 6.08 Å². The van der Waals surface area contributed by atoms with Crippen molar-refractivity contribution >= 4 is 5.91 Å². The second-order valence-corrected chi connectivity index (χ2v) is 25.3. The third-order valence-corrected chi connectivity index (χ3v) is 17.2. The summed E-state index contributed by atoms with van der Waals surface area (Å²) < 4.78 is 34.3. The number of allylic oxidation sites excluding steroid dienone is 21. The minimum Gasteiger partial charge on any atom is -0.394 e. The summed E-state index contributed by atoms with van der Waals surface area (Å²) in [6.45, 7) is 1.58. The molecule has 0 aliphatic carbocycles. The Morgan fingerprint density at radius 1 is 0.385 bits per heavy atom. The van der Waals surface area contributed by atoms with Crippen LogP contribution in [-0.4, -0.2) is 193 Å². The summed E-state index contributed by atoms with van der Waals surface area (Å²) in [6.07, 6.45) is 52.8. The third-order valence-electron chi connectivity index (χ3n) is 17.2. The molecule has 3 saturated heterocycles. The van der Waals surface area contributed by atoms with Crippen molar-refractivity contribution in [1.29, 1.82) is 0 Å². The molecule has 17 atom stereocenters. The number of carbonyl (C=O) groups excluding carboxylic acids is 1. The Labute approximate surface area is 575 Å². The highest BCUT2D eigenvalue weighted by Gasteiger charge is 2.53. The minimum atomic E-state index is -1.99. The fourth-order valence-electron chi connectivity index (χ4n) is 11.3. The number of aliphatic hydroxyl groups is 11. The van der Waals surface area contributed by atoms with Crippen LogP contribution in [0.4, 0.5) is 0 Å². The normalized spacial score (nSPS) is 27.9. The molecule has 0 spiro atoms. The first-order chi connectivity index (χ1) is 46.8. The SMILES string of the molecule is CC/C=C\C/C=C\C/C=C\C/C=C\C/C=C\C/C=C\C/C=C\C/C=C\C/C=C\C/C=C\CCCCCCCCC(=O)NC(COC1OC(CO)C(OC2OC(CO)C(OC3OC(CO)C(O)C(O)C3O)C(O)C2O)C(O)C1O)C(O)/C=C/CCCCCCCCCCCCCC. The van der Waals surface area contributed by atoms with E-state index in [1.165, 1.54) is 57.8 Å². The van der Waals surface area contributed by atoms with E-state index in [0.717, 1.165) is 128 Å². The van der Waals surface area contributed by atoms with Gasteiger partial charge in [0, 0.05) is 6.42 Å². The van der Waals surface area contributed by atoms with Gasteiger partial charge in [-0.15, -0.1) is 0 Å². The highest BCUT2D eigenvalue weighted by atomic mass is 16.8. The van der Waals surface area contributed by atoms with E-state index < -0.39 is 124 Å². The van der Waals surface area contributed by atoms with Crippen LogP contribution in [0.1, 0.15) is 213 Å². The van der Waals surface area contributed by atoms with Gasteiger partial charge in [0.2, 0.25) is 5.91 Å². The zero-order chi connectivity index (χ0) is 69.6. The van der Waals surface area contributed by atoms with E-state index >= 15 is 0 Å². The first kappa shape index (κ1) is 86.2. The lowest BCUT2D eigenvalue weighted by Gasteiger charge is -2.48. The summed E-state index contributed by atoms with van der Waals surface area (Å²) in [4.78, 5) is 13.4. The number of rotatable bonds is 54. The second kappa shape index (κ2) is 56.7. The molecular weight excluding hydrogens is 1230 g/mol. The average Bonchev–Trinajstić information content (AvgIpc) is 0.787. The Hall–Kier alpha value is -4.07. The number of ether oxygens (including phenoxy) is 6. The van der Waals surface area contributed by atoms with Gasteiger partial charge in [-0.25, -0.2) is 0 Å². The van der Waals surface area contributed by atoms with Gasteiger partial charge in [-0.2, -0.15) is 0 Å². The predicted octanol–water partition coefficient (Wildman–Crippen LogP) is 10.5. The Morgan fingerprint density at radius 3 is 1.12 bits per heavy atom. The lowest BCUT2D eigenvalue weighted by atomic mass is 9.96. The summed E-state index contributed by atoms with van der Waals surface area (Å²) in [5, 5.41) is 120. The Kier molecular flexibility index (Phi) is 50.8. The predicted molar refractivity (Wildman–Crippen MR) is 378 cm³/mol. The van der Waals surface area contributed by atoms with Crippen LogP contribution in [0.25, 0.3) is 0 Å². The maximum Gasteiger partial charge on any atom is 0.220 e. The quantitative estimate of drug-likeness (QED) is 0.0199. The zero-order valence-electron chi connectivity index (χ0n) is 58.0. The third kappa shape index (κ3) is 37.4. The standard InChI is InChI=1S/C77H127NO18/c1-3-5-7-9-11-13-15-17-19-20-21-22-23-24-25-26-27-28-29-30-31-32-33-34-35-36-37-38-39-40-41-43-45-47-49-51-53-55-65(83)78-60(61(82)54-52-50-48-46-44-42-18-16-14-12-10-8-6-4-2)59-91-75-71(89)68(86)73(63(57-80)93-75)96-77-72(90)69(87)74(64(58-81)94-77)95-76-70(88)67(85)66(84)62(56-79)92-76/h5,7,11,13,17,19,21-22,24-25,27-28,30-31,33-34,36-37,39-40,52,54,60-64,66-77,79-82,84-90H,3-4,6,8-10,12,14-16,18,20,23,26,29,32,35,38,41-51,53,55-59H2,1-2H3,(H,78,83)/b7-5-,13-11-,19-17-,22-21-,25-24-,28-27-,31-30-,34-33-,37-36-,40-39-,54-52+. The van der Waals surface area contributed by atoms with Crippen LogP contribution in [0.3, 0.4) is 0 Å². The fourth-order valence-corrected chi connectivity index (χ4v) is 11.3.